The van der Waals surface area contributed by atoms with Crippen molar-refractivity contribution >= 4 is 25.6 Å². The number of nitrogens with zero attached hydrogens (tertiary/aromatic N) is 4. The minimum absolute atomic E-state index is 0. The number of hydrogen-bond acceptors (Lipinski definition) is 6. The van der Waals surface area contributed by atoms with Crippen LogP contribution in [0, 0.1) is 11.8 Å². The van der Waals surface area contributed by atoms with Gasteiger partial charge < -0.3 is 18.0 Å². The summed E-state index contributed by atoms with van der Waals surface area (Å²) < 4.78 is 63.3. The second-order valence-corrected chi connectivity index (χ2v) is 9.47. The standard InChI is InChI=1S/C12H17F2N3O.C11H17F2N3O.CH4.B.Li.H2.H/c1-7(18)8-2-4-9(5-3-8)17-6-10(15)11(16-17)12(13)14;12-11(13)10-9(14)5-16(15-10)8-3-1-7(6-17)2-4-8;;;;;/h6,8-9,12H,2-5,15H2,1H3;5,7-8,11,17H,1-4,6,14H2;1H4;;;1H;/q;;;;+1;;-1/i;;;;;1+2D;. The van der Waals surface area contributed by atoms with Gasteiger partial charge in [0.15, 0.2) is 11.4 Å². The largest absolute Gasteiger partial charge is 1.00 e. The Bertz CT molecular complexity index is 993. The van der Waals surface area contributed by atoms with Crippen LogP contribution in [0.25, 0.3) is 0 Å². The van der Waals surface area contributed by atoms with Gasteiger partial charge in [0.1, 0.15) is 5.78 Å². The Balaban J connectivity index is -0.000000609. The number of ketones is 1. The maximum atomic E-state index is 12.6. The van der Waals surface area contributed by atoms with Crippen LogP contribution in [-0.2, 0) is 4.79 Å². The van der Waals surface area contributed by atoms with Gasteiger partial charge in [-0.25, -0.2) is 17.6 Å². The van der Waals surface area contributed by atoms with E-state index in [4.69, 9.17) is 19.5 Å². The third-order valence-corrected chi connectivity index (χ3v) is 7.09. The molecule has 0 aliphatic heterocycles. The molecule has 0 aromatic carbocycles. The van der Waals surface area contributed by atoms with Crippen LogP contribution in [0.15, 0.2) is 12.4 Å². The zero-order valence-corrected chi connectivity index (χ0v) is 21.4. The van der Waals surface area contributed by atoms with Crippen LogP contribution in [0.1, 0.15) is 106 Å². The fourth-order valence-electron chi connectivity index (χ4n) is 4.89. The molecular weight excluding hydrogens is 498 g/mol. The van der Waals surface area contributed by atoms with Gasteiger partial charge in [0.2, 0.25) is 0 Å². The number of aromatic nitrogens is 4. The van der Waals surface area contributed by atoms with Crippen molar-refractivity contribution in [3.8, 4) is 0 Å². The number of nitrogens with two attached hydrogens (primary N) is 2. The molecule has 0 bridgehead atoms. The molecule has 0 atom stereocenters. The first-order valence-corrected chi connectivity index (χ1v) is 12.0. The van der Waals surface area contributed by atoms with E-state index in [1.165, 1.54) is 17.1 Å². The van der Waals surface area contributed by atoms with Gasteiger partial charge in [-0.05, 0) is 64.2 Å². The Hall–Kier alpha value is -1.97. The number of alkyl halides is 4. The minimum atomic E-state index is -2.64. The number of carbonyl (C=O) groups excluding carboxylic acids is 1. The smallest absolute Gasteiger partial charge is 1.00 e. The summed E-state index contributed by atoms with van der Waals surface area (Å²) in [5.41, 5.74) is 10.4. The van der Waals surface area contributed by atoms with Gasteiger partial charge in [-0.15, -0.1) is 0 Å². The molecule has 4 rings (SSSR count). The summed E-state index contributed by atoms with van der Waals surface area (Å²) in [4.78, 5) is 11.2. The molecule has 0 saturated heterocycles. The van der Waals surface area contributed by atoms with Crippen molar-refractivity contribution in [2.45, 2.75) is 90.7 Å². The number of nitrogen functional groups attached to an aromatic ring is 2. The Morgan fingerprint density at radius 3 is 1.66 bits per heavy atom. The molecule has 2 aliphatic rings. The van der Waals surface area contributed by atoms with Crippen LogP contribution in [0.5, 0.6) is 0 Å². The average molecular weight is 542 g/mol. The maximum absolute atomic E-state index is 12.6. The third kappa shape index (κ3) is 9.06. The van der Waals surface area contributed by atoms with Gasteiger partial charge in [-0.1, -0.05) is 7.43 Å². The summed E-state index contributed by atoms with van der Waals surface area (Å²) in [6, 6.07) is 0.211. The average Bonchev–Trinajstić information content (AvgIpc) is 3.48. The van der Waals surface area contributed by atoms with Crippen molar-refractivity contribution in [3.05, 3.63) is 23.8 Å². The summed E-state index contributed by atoms with van der Waals surface area (Å²) >= 11 is 0. The predicted octanol–water partition coefficient (Wildman–Crippen LogP) is 2.47. The molecule has 211 valence electrons. The van der Waals surface area contributed by atoms with Gasteiger partial charge in [0, 0.05) is 36.3 Å². The number of Topliss-reactive ketones (excluding diaryl/α,β-unsaturated/α-hetero) is 1. The number of hydrogen-bond donors (Lipinski definition) is 3. The van der Waals surface area contributed by atoms with E-state index in [0.717, 1.165) is 51.4 Å². The van der Waals surface area contributed by atoms with Crippen molar-refractivity contribution in [1.29, 1.82) is 0 Å². The first-order valence-electron chi connectivity index (χ1n) is 13.0. The zero-order valence-electron chi connectivity index (χ0n) is 24.4. The van der Waals surface area contributed by atoms with Crippen LogP contribution in [0.2, 0.25) is 0 Å². The predicted molar refractivity (Wildman–Crippen MR) is 139 cm³/mol. The van der Waals surface area contributed by atoms with E-state index in [9.17, 15) is 22.4 Å². The molecule has 3 radical (unpaired) electrons. The molecule has 2 fully saturated rings. The summed E-state index contributed by atoms with van der Waals surface area (Å²) in [7, 11) is 0. The van der Waals surface area contributed by atoms with E-state index in [1.54, 1.807) is 11.6 Å². The molecule has 0 spiro atoms. The molecule has 2 saturated carbocycles. The number of halogens is 4. The van der Waals surface area contributed by atoms with Gasteiger partial charge in [-0.2, -0.15) is 10.2 Å². The summed E-state index contributed by atoms with van der Waals surface area (Å²) in [6.45, 7) is 1.81. The van der Waals surface area contributed by atoms with E-state index in [0.29, 0.717) is 5.92 Å². The number of aliphatic hydroxyl groups excluding tert-OH is 1. The van der Waals surface area contributed by atoms with Crippen LogP contribution in [-0.4, -0.2) is 45.5 Å². The second-order valence-electron chi connectivity index (χ2n) is 9.47. The van der Waals surface area contributed by atoms with Crippen LogP contribution < -0.4 is 30.3 Å². The summed E-state index contributed by atoms with van der Waals surface area (Å²) in [5.74, 6) is 0.666. The van der Waals surface area contributed by atoms with Gasteiger partial charge in [0.05, 0.1) is 23.5 Å². The van der Waals surface area contributed by atoms with E-state index < -0.39 is 12.9 Å². The fourth-order valence-corrected chi connectivity index (χ4v) is 4.89. The van der Waals surface area contributed by atoms with Crippen LogP contribution >= 0.6 is 0 Å². The molecule has 2 aromatic heterocycles. The zero-order chi connectivity index (χ0) is 27.7. The molecular formula is C24H41BF4LiN6O2. The molecule has 2 heterocycles. The Morgan fingerprint density at radius 1 is 1.00 bits per heavy atom. The van der Waals surface area contributed by atoms with Crippen molar-refractivity contribution in [2.75, 3.05) is 18.1 Å². The van der Waals surface area contributed by atoms with E-state index in [1.807, 2.05) is 0 Å². The van der Waals surface area contributed by atoms with Gasteiger partial charge in [-0.3, -0.25) is 14.2 Å². The molecule has 0 unspecified atom stereocenters. The first kappa shape index (κ1) is 34.1. The SMILES string of the molecule is C.CC(=O)C1CCC(n2cc(N)c(C(F)F)n2)CC1.Nc1cn(C2CCC(CO)CC2)nc1C(F)F.[2H][3H].[B].[H-].[Li+]. The monoisotopic (exact) mass is 542 g/mol. The molecule has 2 aromatic rings. The minimum Gasteiger partial charge on any atom is -1.00 e. The number of rotatable bonds is 6. The quantitative estimate of drug-likeness (QED) is 0.381. The topological polar surface area (TPSA) is 125 Å². The number of carbonyl (C=O) groups is 1. The fraction of sp³-hybridized carbons (Fsp3) is 0.708. The van der Waals surface area contributed by atoms with Crippen LogP contribution in [0.4, 0.5) is 28.9 Å². The number of anilines is 2. The molecule has 38 heavy (non-hydrogen) atoms. The maximum Gasteiger partial charge on any atom is 1.00 e. The van der Waals surface area contributed by atoms with Crippen molar-refractivity contribution in [2.24, 2.45) is 11.8 Å². The Labute approximate surface area is 240 Å². The van der Waals surface area contributed by atoms with Gasteiger partial charge in [0.25, 0.3) is 12.9 Å². The van der Waals surface area contributed by atoms with Crippen LogP contribution in [0.3, 0.4) is 0 Å². The van der Waals surface area contributed by atoms with Crippen molar-refractivity contribution < 1.29 is 50.7 Å². The summed E-state index contributed by atoms with van der Waals surface area (Å²) in [5, 5.41) is 16.7. The van der Waals surface area contributed by atoms with Crippen molar-refractivity contribution in [1.82, 2.24) is 19.6 Å². The van der Waals surface area contributed by atoms with Gasteiger partial charge >= 0.3 is 18.9 Å². The Morgan fingerprint density at radius 2 is 1.37 bits per heavy atom. The molecule has 14 heteroatoms. The third-order valence-electron chi connectivity index (χ3n) is 7.09. The van der Waals surface area contributed by atoms with Crippen molar-refractivity contribution in [3.63, 3.8) is 0 Å². The van der Waals surface area contributed by atoms with E-state index >= 15 is 0 Å². The molecule has 2 aliphatic carbocycles. The van der Waals surface area contributed by atoms with E-state index in [-0.39, 0.29) is 89.3 Å². The molecule has 0 amide bonds. The first-order chi connectivity index (χ1) is 17.6. The second kappa shape index (κ2) is 16.2. The normalized spacial score (nSPS) is 23.2. The number of aliphatic hydroxyl groups is 1. The molecule has 8 nitrogen and oxygen atoms in total. The Kier molecular flexibility index (Phi) is 14.5. The van der Waals surface area contributed by atoms with E-state index in [2.05, 4.69) is 10.2 Å². The molecule has 5 N–H and O–H groups in total. The summed E-state index contributed by atoms with van der Waals surface area (Å²) in [6.07, 6.45) is 4.39.